The Hall–Kier alpha value is -4.33. The van der Waals surface area contributed by atoms with Gasteiger partial charge >= 0.3 is 18.0 Å². The summed E-state index contributed by atoms with van der Waals surface area (Å²) < 4.78 is 16.3. The van der Waals surface area contributed by atoms with Crippen molar-refractivity contribution in [3.63, 3.8) is 0 Å². The van der Waals surface area contributed by atoms with Crippen molar-refractivity contribution in [3.05, 3.63) is 89.0 Å². The number of carbonyl (C=O) groups is 3. The van der Waals surface area contributed by atoms with Crippen LogP contribution in [0.4, 0.5) is 4.79 Å². The zero-order chi connectivity index (χ0) is 25.7. The smallest absolute Gasteiger partial charge is 0.410 e. The zero-order valence-corrected chi connectivity index (χ0v) is 20.1. The summed E-state index contributed by atoms with van der Waals surface area (Å²) in [5.74, 6) is -0.698. The number of phenols is 1. The van der Waals surface area contributed by atoms with E-state index in [9.17, 15) is 19.5 Å². The first kappa shape index (κ1) is 24.8. The second-order valence-electron chi connectivity index (χ2n) is 8.55. The molecule has 1 atom stereocenters. The molecule has 3 aromatic carbocycles. The number of rotatable bonds is 6. The summed E-state index contributed by atoms with van der Waals surface area (Å²) in [6, 6.07) is 19.1. The van der Waals surface area contributed by atoms with E-state index in [1.165, 1.54) is 13.8 Å². The van der Waals surface area contributed by atoms with Gasteiger partial charge in [0.25, 0.3) is 0 Å². The van der Waals surface area contributed by atoms with Crippen LogP contribution in [-0.2, 0) is 33.8 Å². The van der Waals surface area contributed by atoms with Crippen molar-refractivity contribution in [1.29, 1.82) is 0 Å². The van der Waals surface area contributed by atoms with Gasteiger partial charge in [-0.3, -0.25) is 9.59 Å². The summed E-state index contributed by atoms with van der Waals surface area (Å²) in [7, 11) is 0. The van der Waals surface area contributed by atoms with E-state index in [-0.39, 0.29) is 23.9 Å². The molecule has 0 radical (unpaired) electrons. The van der Waals surface area contributed by atoms with Gasteiger partial charge in [0.15, 0.2) is 11.5 Å². The number of fused-ring (bicyclic) bond motifs is 1. The van der Waals surface area contributed by atoms with E-state index in [4.69, 9.17) is 14.2 Å². The van der Waals surface area contributed by atoms with Crippen molar-refractivity contribution < 1.29 is 33.7 Å². The van der Waals surface area contributed by atoms with E-state index < -0.39 is 24.1 Å². The summed E-state index contributed by atoms with van der Waals surface area (Å²) in [4.78, 5) is 38.2. The van der Waals surface area contributed by atoms with Crippen LogP contribution >= 0.6 is 0 Å². The van der Waals surface area contributed by atoms with Crippen LogP contribution in [0.1, 0.15) is 42.1 Å². The number of carbonyl (C=O) groups excluding carboxylic acids is 3. The monoisotopic (exact) mass is 489 g/mol. The SMILES string of the molecule is CC(=O)Oc1cc2c(cc1OC(C)=O)C(Cc1ccc(O)cc1)N(C(=O)OCc1ccccc1)CC2. The Morgan fingerprint density at radius 2 is 1.53 bits per heavy atom. The normalized spacial score (nSPS) is 14.5. The summed E-state index contributed by atoms with van der Waals surface area (Å²) in [6.07, 6.45) is 0.461. The number of hydrogen-bond donors (Lipinski definition) is 1. The lowest BCUT2D eigenvalue weighted by Gasteiger charge is -2.37. The molecule has 1 aliphatic heterocycles. The first-order chi connectivity index (χ1) is 17.3. The standard InChI is InChI=1S/C28H27NO7/c1-18(30)35-26-15-22-12-13-29(28(33)34-17-21-6-4-3-5-7-21)25(14-20-8-10-23(32)11-9-20)24(22)16-27(26)36-19(2)31/h3-11,15-16,25,32H,12-14,17H2,1-2H3. The third-order valence-corrected chi connectivity index (χ3v) is 5.88. The number of phenolic OH excluding ortho intramolecular Hbond substituents is 1. The molecule has 1 unspecified atom stereocenters. The Labute approximate surface area is 209 Å². The van der Waals surface area contributed by atoms with Gasteiger partial charge in [0.1, 0.15) is 12.4 Å². The van der Waals surface area contributed by atoms with Crippen molar-refractivity contribution in [2.45, 2.75) is 39.3 Å². The largest absolute Gasteiger partial charge is 0.508 e. The molecule has 1 aliphatic rings. The molecule has 4 rings (SSSR count). The van der Waals surface area contributed by atoms with Gasteiger partial charge < -0.3 is 24.2 Å². The van der Waals surface area contributed by atoms with E-state index in [1.807, 2.05) is 30.3 Å². The lowest BCUT2D eigenvalue weighted by atomic mass is 9.88. The highest BCUT2D eigenvalue weighted by Crippen LogP contribution is 2.40. The van der Waals surface area contributed by atoms with E-state index in [1.54, 1.807) is 41.3 Å². The van der Waals surface area contributed by atoms with Crippen molar-refractivity contribution in [1.82, 2.24) is 4.90 Å². The van der Waals surface area contributed by atoms with E-state index in [0.717, 1.165) is 22.3 Å². The van der Waals surface area contributed by atoms with Gasteiger partial charge in [0.05, 0.1) is 6.04 Å². The first-order valence-electron chi connectivity index (χ1n) is 11.6. The molecule has 8 nitrogen and oxygen atoms in total. The molecule has 0 spiro atoms. The van der Waals surface area contributed by atoms with Gasteiger partial charge in [-0.25, -0.2) is 4.79 Å². The quantitative estimate of drug-likeness (QED) is 0.395. The van der Waals surface area contributed by atoms with Crippen LogP contribution in [0, 0.1) is 0 Å². The van der Waals surface area contributed by atoms with E-state index in [2.05, 4.69) is 0 Å². The zero-order valence-electron chi connectivity index (χ0n) is 20.1. The molecule has 0 bridgehead atoms. The van der Waals surface area contributed by atoms with Crippen LogP contribution in [-0.4, -0.2) is 34.6 Å². The van der Waals surface area contributed by atoms with Crippen molar-refractivity contribution in [2.24, 2.45) is 0 Å². The Morgan fingerprint density at radius 1 is 0.889 bits per heavy atom. The third kappa shape index (κ3) is 6.02. The van der Waals surface area contributed by atoms with Gasteiger partial charge in [0.2, 0.25) is 0 Å². The highest BCUT2D eigenvalue weighted by Gasteiger charge is 2.34. The number of benzene rings is 3. The summed E-state index contributed by atoms with van der Waals surface area (Å²) in [6.45, 7) is 3.06. The molecular formula is C28H27NO7. The topological polar surface area (TPSA) is 102 Å². The molecular weight excluding hydrogens is 462 g/mol. The minimum atomic E-state index is -0.562. The van der Waals surface area contributed by atoms with Crippen LogP contribution in [0.2, 0.25) is 0 Å². The number of hydrogen-bond acceptors (Lipinski definition) is 7. The Balaban J connectivity index is 1.69. The van der Waals surface area contributed by atoms with Crippen LogP contribution < -0.4 is 9.47 Å². The maximum Gasteiger partial charge on any atom is 0.410 e. The first-order valence-corrected chi connectivity index (χ1v) is 11.6. The minimum absolute atomic E-state index is 0.103. The molecule has 8 heteroatoms. The minimum Gasteiger partial charge on any atom is -0.508 e. The summed E-state index contributed by atoms with van der Waals surface area (Å²) in [5.41, 5.74) is 3.40. The number of esters is 2. The molecule has 0 saturated heterocycles. The molecule has 186 valence electrons. The van der Waals surface area contributed by atoms with Gasteiger partial charge in [-0.05, 0) is 59.4 Å². The van der Waals surface area contributed by atoms with E-state index >= 15 is 0 Å². The molecule has 0 aliphatic carbocycles. The summed E-state index contributed by atoms with van der Waals surface area (Å²) >= 11 is 0. The molecule has 3 aromatic rings. The Bertz CT molecular complexity index is 1250. The Kier molecular flexibility index (Phi) is 7.53. The molecule has 0 saturated carbocycles. The maximum absolute atomic E-state index is 13.2. The van der Waals surface area contributed by atoms with Crippen LogP contribution in [0.3, 0.4) is 0 Å². The van der Waals surface area contributed by atoms with Gasteiger partial charge in [0, 0.05) is 20.4 Å². The number of nitrogens with zero attached hydrogens (tertiary/aromatic N) is 1. The van der Waals surface area contributed by atoms with Gasteiger partial charge in [-0.1, -0.05) is 42.5 Å². The molecule has 1 N–H and O–H groups in total. The van der Waals surface area contributed by atoms with Crippen molar-refractivity contribution in [2.75, 3.05) is 6.54 Å². The maximum atomic E-state index is 13.2. The van der Waals surface area contributed by atoms with Gasteiger partial charge in [-0.15, -0.1) is 0 Å². The molecule has 0 fully saturated rings. The average Bonchev–Trinajstić information content (AvgIpc) is 2.84. The average molecular weight is 490 g/mol. The highest BCUT2D eigenvalue weighted by atomic mass is 16.6. The molecule has 0 aromatic heterocycles. The lowest BCUT2D eigenvalue weighted by Crippen LogP contribution is -2.41. The summed E-state index contributed by atoms with van der Waals surface area (Å²) in [5, 5.41) is 9.69. The second kappa shape index (κ2) is 10.9. The lowest BCUT2D eigenvalue weighted by molar-refractivity contribution is -0.134. The molecule has 1 heterocycles. The van der Waals surface area contributed by atoms with Crippen molar-refractivity contribution in [3.8, 4) is 17.2 Å². The second-order valence-corrected chi connectivity index (χ2v) is 8.55. The van der Waals surface area contributed by atoms with Crippen LogP contribution in [0.15, 0.2) is 66.7 Å². The molecule has 36 heavy (non-hydrogen) atoms. The Morgan fingerprint density at radius 3 is 2.17 bits per heavy atom. The van der Waals surface area contributed by atoms with Crippen molar-refractivity contribution >= 4 is 18.0 Å². The van der Waals surface area contributed by atoms with Gasteiger partial charge in [-0.2, -0.15) is 0 Å². The third-order valence-electron chi connectivity index (χ3n) is 5.88. The fourth-order valence-corrected chi connectivity index (χ4v) is 4.27. The highest BCUT2D eigenvalue weighted by molar-refractivity contribution is 5.75. The van der Waals surface area contributed by atoms with E-state index in [0.29, 0.717) is 19.4 Å². The number of amides is 1. The fraction of sp³-hybridized carbons (Fsp3) is 0.250. The number of aromatic hydroxyl groups is 1. The fourth-order valence-electron chi connectivity index (χ4n) is 4.27. The van der Waals surface area contributed by atoms with Crippen LogP contribution in [0.25, 0.3) is 0 Å². The number of ether oxygens (including phenoxy) is 3. The molecule has 1 amide bonds. The van der Waals surface area contributed by atoms with Crippen LogP contribution in [0.5, 0.6) is 17.2 Å². The predicted molar refractivity (Wildman–Crippen MR) is 131 cm³/mol. The predicted octanol–water partition coefficient (Wildman–Crippen LogP) is 4.72.